The molecular weight excluding hydrogens is 242 g/mol. The molecule has 0 aromatic carbocycles. The van der Waals surface area contributed by atoms with Crippen LogP contribution in [0, 0.1) is 0 Å². The number of aliphatic hydroxyl groups excluding tert-OH is 1. The molecule has 0 bridgehead atoms. The van der Waals surface area contributed by atoms with Crippen LogP contribution in [0.1, 0.15) is 51.0 Å². The van der Waals surface area contributed by atoms with Gasteiger partial charge in [-0.05, 0) is 19.8 Å². The van der Waals surface area contributed by atoms with Crippen LogP contribution < -0.4 is 4.90 Å². The topological polar surface area (TPSA) is 69.5 Å². The Kier molecular flexibility index (Phi) is 4.06. The number of anilines is 1. The van der Waals surface area contributed by atoms with Crippen molar-refractivity contribution >= 4 is 5.69 Å². The number of nitrogens with zero attached hydrogens (tertiary/aromatic N) is 3. The zero-order chi connectivity index (χ0) is 14.0. The van der Waals surface area contributed by atoms with Crippen LogP contribution in [0.4, 0.5) is 5.69 Å². The summed E-state index contributed by atoms with van der Waals surface area (Å²) in [7, 11) is 0. The Bertz CT molecular complexity index is 436. The fourth-order valence-corrected chi connectivity index (χ4v) is 2.31. The molecule has 0 aliphatic carbocycles. The largest absolute Gasteiger partial charge is 0.390 e. The van der Waals surface area contributed by atoms with E-state index in [4.69, 9.17) is 0 Å². The van der Waals surface area contributed by atoms with Crippen molar-refractivity contribution in [2.75, 3.05) is 18.0 Å². The molecule has 1 aliphatic rings. The molecule has 2 rings (SSSR count). The van der Waals surface area contributed by atoms with E-state index < -0.39 is 5.60 Å². The number of rotatable bonds is 3. The summed E-state index contributed by atoms with van der Waals surface area (Å²) in [5.41, 5.74) is 0.997. The molecule has 1 fully saturated rings. The first-order chi connectivity index (χ1) is 8.93. The summed E-state index contributed by atoms with van der Waals surface area (Å²) in [5, 5.41) is 19.5. The van der Waals surface area contributed by atoms with E-state index in [0.29, 0.717) is 5.69 Å². The molecule has 0 amide bonds. The van der Waals surface area contributed by atoms with Crippen LogP contribution in [-0.2, 0) is 6.61 Å². The maximum Gasteiger partial charge on any atom is 0.131 e. The van der Waals surface area contributed by atoms with E-state index in [-0.39, 0.29) is 12.5 Å². The summed E-state index contributed by atoms with van der Waals surface area (Å²) in [6.07, 6.45) is 3.25. The van der Waals surface area contributed by atoms with Crippen molar-refractivity contribution < 1.29 is 10.2 Å². The Labute approximate surface area is 114 Å². The van der Waals surface area contributed by atoms with Gasteiger partial charge in [-0.1, -0.05) is 13.8 Å². The molecule has 0 radical (unpaired) electrons. The van der Waals surface area contributed by atoms with Gasteiger partial charge in [0, 0.05) is 19.0 Å². The number of piperidine rings is 1. The summed E-state index contributed by atoms with van der Waals surface area (Å²) in [6.45, 7) is 7.40. The normalized spacial score (nSPS) is 18.9. The minimum absolute atomic E-state index is 0.0789. The highest BCUT2D eigenvalue weighted by Crippen LogP contribution is 2.27. The molecule has 2 heterocycles. The lowest BCUT2D eigenvalue weighted by Crippen LogP contribution is -2.43. The van der Waals surface area contributed by atoms with Crippen LogP contribution in [-0.4, -0.2) is 38.9 Å². The molecule has 19 heavy (non-hydrogen) atoms. The lowest BCUT2D eigenvalue weighted by atomic mass is 9.93. The molecule has 0 saturated carbocycles. The van der Waals surface area contributed by atoms with Gasteiger partial charge >= 0.3 is 0 Å². The third kappa shape index (κ3) is 3.22. The van der Waals surface area contributed by atoms with Crippen molar-refractivity contribution in [1.82, 2.24) is 9.97 Å². The average Bonchev–Trinajstić information content (AvgIpc) is 2.38. The Hall–Kier alpha value is -1.20. The second-order valence-corrected chi connectivity index (χ2v) is 5.86. The third-order valence-corrected chi connectivity index (χ3v) is 3.71. The summed E-state index contributed by atoms with van der Waals surface area (Å²) >= 11 is 0. The fraction of sp³-hybridized carbons (Fsp3) is 0.714. The molecule has 0 spiro atoms. The van der Waals surface area contributed by atoms with Crippen molar-refractivity contribution in [1.29, 1.82) is 0 Å². The van der Waals surface area contributed by atoms with Crippen LogP contribution >= 0.6 is 0 Å². The predicted octanol–water partition coefficient (Wildman–Crippen LogP) is 1.44. The van der Waals surface area contributed by atoms with Crippen molar-refractivity contribution in [3.8, 4) is 0 Å². The van der Waals surface area contributed by atoms with Gasteiger partial charge in [-0.3, -0.25) is 0 Å². The van der Waals surface area contributed by atoms with E-state index >= 15 is 0 Å². The lowest BCUT2D eigenvalue weighted by molar-refractivity contribution is 0.0350. The van der Waals surface area contributed by atoms with E-state index in [0.717, 1.165) is 37.4 Å². The van der Waals surface area contributed by atoms with Gasteiger partial charge in [0.25, 0.3) is 0 Å². The number of aliphatic hydroxyl groups is 2. The summed E-state index contributed by atoms with van der Waals surface area (Å²) in [5.74, 6) is 1.01. The Morgan fingerprint density at radius 3 is 2.53 bits per heavy atom. The van der Waals surface area contributed by atoms with Crippen LogP contribution in [0.2, 0.25) is 0 Å². The quantitative estimate of drug-likeness (QED) is 0.865. The zero-order valence-electron chi connectivity index (χ0n) is 11.9. The van der Waals surface area contributed by atoms with Crippen molar-refractivity contribution in [2.24, 2.45) is 0 Å². The maximum absolute atomic E-state index is 9.98. The highest BCUT2D eigenvalue weighted by molar-refractivity contribution is 5.49. The predicted molar refractivity (Wildman–Crippen MR) is 74.1 cm³/mol. The SMILES string of the molecule is CC(C)c1ncc(N2CCC(C)(O)CC2)c(CO)n1. The Morgan fingerprint density at radius 2 is 2.00 bits per heavy atom. The third-order valence-electron chi connectivity index (χ3n) is 3.71. The first-order valence-electron chi connectivity index (χ1n) is 6.87. The van der Waals surface area contributed by atoms with E-state index in [9.17, 15) is 10.2 Å². The average molecular weight is 265 g/mol. The molecule has 1 aliphatic heterocycles. The number of aromatic nitrogens is 2. The van der Waals surface area contributed by atoms with Crippen molar-refractivity contribution in [3.05, 3.63) is 17.7 Å². The maximum atomic E-state index is 9.98. The van der Waals surface area contributed by atoms with Gasteiger partial charge in [0.15, 0.2) is 0 Å². The Balaban J connectivity index is 2.21. The van der Waals surface area contributed by atoms with E-state index in [1.165, 1.54) is 0 Å². The monoisotopic (exact) mass is 265 g/mol. The molecule has 1 saturated heterocycles. The van der Waals surface area contributed by atoms with Gasteiger partial charge in [-0.15, -0.1) is 0 Å². The van der Waals surface area contributed by atoms with Crippen LogP contribution in [0.15, 0.2) is 6.20 Å². The van der Waals surface area contributed by atoms with Gasteiger partial charge in [0.2, 0.25) is 0 Å². The minimum Gasteiger partial charge on any atom is -0.390 e. The van der Waals surface area contributed by atoms with Crippen LogP contribution in [0.5, 0.6) is 0 Å². The molecule has 2 N–H and O–H groups in total. The number of hydrogen-bond donors (Lipinski definition) is 2. The number of hydrogen-bond acceptors (Lipinski definition) is 5. The van der Waals surface area contributed by atoms with Gasteiger partial charge < -0.3 is 15.1 Å². The standard InChI is InChI=1S/C14H23N3O2/c1-10(2)13-15-8-12(11(9-18)16-13)17-6-4-14(3,19)5-7-17/h8,10,18-19H,4-7,9H2,1-3H3. The second kappa shape index (κ2) is 5.43. The van der Waals surface area contributed by atoms with Crippen molar-refractivity contribution in [3.63, 3.8) is 0 Å². The first kappa shape index (κ1) is 14.2. The zero-order valence-corrected chi connectivity index (χ0v) is 11.9. The van der Waals surface area contributed by atoms with Gasteiger partial charge in [-0.2, -0.15) is 0 Å². The van der Waals surface area contributed by atoms with Gasteiger partial charge in [0.05, 0.1) is 29.8 Å². The van der Waals surface area contributed by atoms with Gasteiger partial charge in [0.1, 0.15) is 5.82 Å². The second-order valence-electron chi connectivity index (χ2n) is 5.86. The molecule has 106 valence electrons. The first-order valence-corrected chi connectivity index (χ1v) is 6.87. The fourth-order valence-electron chi connectivity index (χ4n) is 2.31. The van der Waals surface area contributed by atoms with E-state index in [1.807, 2.05) is 20.8 Å². The highest BCUT2D eigenvalue weighted by atomic mass is 16.3. The molecular formula is C14H23N3O2. The lowest BCUT2D eigenvalue weighted by Gasteiger charge is -2.37. The van der Waals surface area contributed by atoms with Crippen molar-refractivity contribution in [2.45, 2.75) is 51.7 Å². The van der Waals surface area contributed by atoms with Crippen LogP contribution in [0.3, 0.4) is 0 Å². The molecule has 0 atom stereocenters. The molecule has 1 aromatic heterocycles. The van der Waals surface area contributed by atoms with Crippen LogP contribution in [0.25, 0.3) is 0 Å². The Morgan fingerprint density at radius 1 is 1.37 bits per heavy atom. The summed E-state index contributed by atoms with van der Waals surface area (Å²) in [4.78, 5) is 11.0. The minimum atomic E-state index is -0.575. The smallest absolute Gasteiger partial charge is 0.131 e. The molecule has 1 aromatic rings. The molecule has 5 heteroatoms. The molecule has 0 unspecified atom stereocenters. The highest BCUT2D eigenvalue weighted by Gasteiger charge is 2.28. The van der Waals surface area contributed by atoms with Gasteiger partial charge in [-0.25, -0.2) is 9.97 Å². The van der Waals surface area contributed by atoms with E-state index in [2.05, 4.69) is 14.9 Å². The molecule has 5 nitrogen and oxygen atoms in total. The van der Waals surface area contributed by atoms with E-state index in [1.54, 1.807) is 6.20 Å². The summed E-state index contributed by atoms with van der Waals surface area (Å²) in [6, 6.07) is 0. The summed E-state index contributed by atoms with van der Waals surface area (Å²) < 4.78 is 0.